The van der Waals surface area contributed by atoms with E-state index in [9.17, 15) is 4.79 Å². The number of carbonyl (C=O) groups excluding carboxylic acids is 1. The Morgan fingerprint density at radius 2 is 2.17 bits per heavy atom. The fraction of sp³-hybridized carbons (Fsp3) is 0.562. The molecule has 1 aliphatic rings. The summed E-state index contributed by atoms with van der Waals surface area (Å²) in [4.78, 5) is 13.5. The molecule has 1 heterocycles. The Bertz CT molecular complexity index is 425. The maximum atomic E-state index is 11.5. The van der Waals surface area contributed by atoms with Gasteiger partial charge >= 0.3 is 0 Å². The summed E-state index contributed by atoms with van der Waals surface area (Å²) in [5.41, 5.74) is 2.79. The van der Waals surface area contributed by atoms with Gasteiger partial charge in [-0.05, 0) is 29.9 Å². The number of rotatable bonds is 2. The van der Waals surface area contributed by atoms with Gasteiger partial charge in [-0.2, -0.15) is 0 Å². The van der Waals surface area contributed by atoms with E-state index in [-0.39, 0.29) is 5.91 Å². The molecule has 2 nitrogen and oxygen atoms in total. The minimum Gasteiger partial charge on any atom is -0.342 e. The zero-order valence-corrected chi connectivity index (χ0v) is 11.6. The number of carbonyl (C=O) groups is 1. The quantitative estimate of drug-likeness (QED) is 0.780. The SMILES string of the molecule is CC(=O)N1CCCC(c2cccc(C(C)C)c2)C1. The molecule has 1 atom stereocenters. The van der Waals surface area contributed by atoms with Crippen molar-refractivity contribution in [3.8, 4) is 0 Å². The molecular formula is C16H23NO. The normalized spacial score (nSPS) is 20.2. The average molecular weight is 245 g/mol. The van der Waals surface area contributed by atoms with Gasteiger partial charge in [0.25, 0.3) is 0 Å². The van der Waals surface area contributed by atoms with Crippen molar-refractivity contribution in [1.82, 2.24) is 4.90 Å². The molecule has 0 spiro atoms. The lowest BCUT2D eigenvalue weighted by Gasteiger charge is -2.32. The first kappa shape index (κ1) is 13.1. The average Bonchev–Trinajstić information content (AvgIpc) is 2.39. The molecule has 2 heteroatoms. The van der Waals surface area contributed by atoms with E-state index in [1.807, 2.05) is 4.90 Å². The first-order chi connectivity index (χ1) is 8.58. The van der Waals surface area contributed by atoms with Crippen LogP contribution in [0.4, 0.5) is 0 Å². The minimum absolute atomic E-state index is 0.208. The lowest BCUT2D eigenvalue weighted by molar-refractivity contribution is -0.130. The Labute approximate surface area is 110 Å². The van der Waals surface area contributed by atoms with E-state index in [4.69, 9.17) is 0 Å². The van der Waals surface area contributed by atoms with Crippen LogP contribution >= 0.6 is 0 Å². The van der Waals surface area contributed by atoms with Gasteiger partial charge in [0.05, 0.1) is 0 Å². The highest BCUT2D eigenvalue weighted by Gasteiger charge is 2.22. The minimum atomic E-state index is 0.208. The predicted octanol–water partition coefficient (Wildman–Crippen LogP) is 3.54. The van der Waals surface area contributed by atoms with Crippen LogP contribution in [0.15, 0.2) is 24.3 Å². The molecular weight excluding hydrogens is 222 g/mol. The second-order valence-corrected chi connectivity index (χ2v) is 5.63. The first-order valence-corrected chi connectivity index (χ1v) is 6.93. The molecule has 1 aliphatic heterocycles. The third-order valence-corrected chi connectivity index (χ3v) is 3.92. The van der Waals surface area contributed by atoms with Crippen LogP contribution in [0.5, 0.6) is 0 Å². The largest absolute Gasteiger partial charge is 0.342 e. The molecule has 0 aromatic heterocycles. The molecule has 1 aromatic rings. The van der Waals surface area contributed by atoms with Gasteiger partial charge in [-0.1, -0.05) is 38.1 Å². The lowest BCUT2D eigenvalue weighted by atomic mass is 9.88. The molecule has 98 valence electrons. The van der Waals surface area contributed by atoms with E-state index < -0.39 is 0 Å². The number of likely N-dealkylation sites (tertiary alicyclic amines) is 1. The van der Waals surface area contributed by atoms with Gasteiger partial charge in [0, 0.05) is 25.9 Å². The number of benzene rings is 1. The molecule has 0 bridgehead atoms. The van der Waals surface area contributed by atoms with Gasteiger partial charge in [-0.25, -0.2) is 0 Å². The van der Waals surface area contributed by atoms with Crippen LogP contribution in [0.25, 0.3) is 0 Å². The summed E-state index contributed by atoms with van der Waals surface area (Å²) in [6.45, 7) is 7.93. The zero-order chi connectivity index (χ0) is 13.1. The number of hydrogen-bond donors (Lipinski definition) is 0. The van der Waals surface area contributed by atoms with Crippen LogP contribution in [-0.4, -0.2) is 23.9 Å². The molecule has 0 aliphatic carbocycles. The molecule has 1 fully saturated rings. The Balaban J connectivity index is 2.15. The summed E-state index contributed by atoms with van der Waals surface area (Å²) >= 11 is 0. The van der Waals surface area contributed by atoms with Crippen LogP contribution < -0.4 is 0 Å². The molecule has 0 saturated carbocycles. The van der Waals surface area contributed by atoms with Gasteiger partial charge < -0.3 is 4.90 Å². The maximum Gasteiger partial charge on any atom is 0.219 e. The number of amides is 1. The van der Waals surface area contributed by atoms with Crippen LogP contribution in [0.2, 0.25) is 0 Å². The molecule has 2 rings (SSSR count). The van der Waals surface area contributed by atoms with Gasteiger partial charge in [0.1, 0.15) is 0 Å². The van der Waals surface area contributed by atoms with E-state index >= 15 is 0 Å². The number of hydrogen-bond acceptors (Lipinski definition) is 1. The van der Waals surface area contributed by atoms with Crippen molar-refractivity contribution >= 4 is 5.91 Å². The lowest BCUT2D eigenvalue weighted by Crippen LogP contribution is -2.37. The summed E-state index contributed by atoms with van der Waals surface area (Å²) in [7, 11) is 0. The number of piperidine rings is 1. The van der Waals surface area contributed by atoms with E-state index in [0.717, 1.165) is 19.5 Å². The van der Waals surface area contributed by atoms with E-state index in [1.54, 1.807) is 6.92 Å². The van der Waals surface area contributed by atoms with Crippen molar-refractivity contribution in [3.63, 3.8) is 0 Å². The highest BCUT2D eigenvalue weighted by molar-refractivity contribution is 5.73. The van der Waals surface area contributed by atoms with E-state index in [2.05, 4.69) is 38.1 Å². The molecule has 1 aromatic carbocycles. The third kappa shape index (κ3) is 2.92. The first-order valence-electron chi connectivity index (χ1n) is 6.93. The van der Waals surface area contributed by atoms with Gasteiger partial charge in [0.15, 0.2) is 0 Å². The molecule has 1 saturated heterocycles. The molecule has 1 amide bonds. The zero-order valence-electron chi connectivity index (χ0n) is 11.6. The Hall–Kier alpha value is -1.31. The highest BCUT2D eigenvalue weighted by Crippen LogP contribution is 2.28. The van der Waals surface area contributed by atoms with Crippen LogP contribution in [-0.2, 0) is 4.79 Å². The number of nitrogens with zero attached hydrogens (tertiary/aromatic N) is 1. The van der Waals surface area contributed by atoms with E-state index in [1.165, 1.54) is 17.5 Å². The summed E-state index contributed by atoms with van der Waals surface area (Å²) < 4.78 is 0. The summed E-state index contributed by atoms with van der Waals surface area (Å²) in [6.07, 6.45) is 2.32. The fourth-order valence-electron chi connectivity index (χ4n) is 2.71. The van der Waals surface area contributed by atoms with Crippen molar-refractivity contribution < 1.29 is 4.79 Å². The summed E-state index contributed by atoms with van der Waals surface area (Å²) in [5, 5.41) is 0. The van der Waals surface area contributed by atoms with Crippen molar-refractivity contribution in [2.45, 2.75) is 45.4 Å². The molecule has 0 radical (unpaired) electrons. The second-order valence-electron chi connectivity index (χ2n) is 5.63. The Kier molecular flexibility index (Phi) is 4.05. The second kappa shape index (κ2) is 5.55. The van der Waals surface area contributed by atoms with Crippen molar-refractivity contribution in [2.24, 2.45) is 0 Å². The molecule has 1 unspecified atom stereocenters. The monoisotopic (exact) mass is 245 g/mol. The van der Waals surface area contributed by atoms with Crippen LogP contribution in [0, 0.1) is 0 Å². The van der Waals surface area contributed by atoms with Gasteiger partial charge in [-0.3, -0.25) is 4.79 Å². The highest BCUT2D eigenvalue weighted by atomic mass is 16.2. The third-order valence-electron chi connectivity index (χ3n) is 3.92. The fourth-order valence-corrected chi connectivity index (χ4v) is 2.71. The Morgan fingerprint density at radius 1 is 1.39 bits per heavy atom. The van der Waals surface area contributed by atoms with Crippen molar-refractivity contribution in [1.29, 1.82) is 0 Å². The maximum absolute atomic E-state index is 11.5. The van der Waals surface area contributed by atoms with Crippen molar-refractivity contribution in [2.75, 3.05) is 13.1 Å². The van der Waals surface area contributed by atoms with Gasteiger partial charge in [-0.15, -0.1) is 0 Å². The summed E-state index contributed by atoms with van der Waals surface area (Å²) in [6, 6.07) is 8.87. The summed E-state index contributed by atoms with van der Waals surface area (Å²) in [5.74, 6) is 1.29. The topological polar surface area (TPSA) is 20.3 Å². The van der Waals surface area contributed by atoms with E-state index in [0.29, 0.717) is 11.8 Å². The standard InChI is InChI=1S/C16H23NO/c1-12(2)14-6-4-7-15(10-14)16-8-5-9-17(11-16)13(3)18/h4,6-7,10,12,16H,5,8-9,11H2,1-3H3. The molecule has 0 N–H and O–H groups in total. The predicted molar refractivity (Wildman–Crippen MR) is 74.8 cm³/mol. The Morgan fingerprint density at radius 3 is 2.83 bits per heavy atom. The molecule has 18 heavy (non-hydrogen) atoms. The van der Waals surface area contributed by atoms with Crippen LogP contribution in [0.1, 0.15) is 56.6 Å². The van der Waals surface area contributed by atoms with Gasteiger partial charge in [0.2, 0.25) is 5.91 Å². The smallest absolute Gasteiger partial charge is 0.219 e. The van der Waals surface area contributed by atoms with Crippen LogP contribution in [0.3, 0.4) is 0 Å². The van der Waals surface area contributed by atoms with Crippen molar-refractivity contribution in [3.05, 3.63) is 35.4 Å².